The molecule has 1 aromatic heterocycles. The number of halogens is 2. The average molecular weight is 353 g/mol. The van der Waals surface area contributed by atoms with Crippen molar-refractivity contribution in [3.05, 3.63) is 101 Å². The normalized spacial score (nSPS) is 13.4. The Kier molecular flexibility index (Phi) is 5.74. The molecular weight excluding hydrogens is 332 g/mol. The summed E-state index contributed by atoms with van der Waals surface area (Å²) in [5, 5.41) is 10.6. The molecule has 0 aliphatic heterocycles. The predicted octanol–water partition coefficient (Wildman–Crippen LogP) is 4.86. The van der Waals surface area contributed by atoms with E-state index < -0.39 is 17.7 Å². The molecule has 0 amide bonds. The van der Waals surface area contributed by atoms with Crippen LogP contribution in [0.25, 0.3) is 0 Å². The maximum Gasteiger partial charge on any atom is 0.126 e. The van der Waals surface area contributed by atoms with E-state index in [1.165, 1.54) is 17.7 Å². The Hall–Kier alpha value is -2.59. The first-order valence-corrected chi connectivity index (χ1v) is 8.63. The van der Waals surface area contributed by atoms with Gasteiger partial charge in [-0.15, -0.1) is 0 Å². The maximum atomic E-state index is 13.3. The van der Waals surface area contributed by atoms with Crippen molar-refractivity contribution in [3.63, 3.8) is 0 Å². The van der Waals surface area contributed by atoms with Crippen LogP contribution >= 0.6 is 0 Å². The molecule has 0 spiro atoms. The van der Waals surface area contributed by atoms with Crippen molar-refractivity contribution >= 4 is 0 Å². The van der Waals surface area contributed by atoms with Crippen LogP contribution in [-0.2, 0) is 12.8 Å². The van der Waals surface area contributed by atoms with E-state index in [1.54, 1.807) is 6.20 Å². The molecular formula is C22H21F2NO. The second-order valence-corrected chi connectivity index (χ2v) is 6.66. The van der Waals surface area contributed by atoms with Crippen LogP contribution in [0.2, 0.25) is 0 Å². The van der Waals surface area contributed by atoms with Crippen molar-refractivity contribution in [2.24, 2.45) is 5.92 Å². The molecule has 1 N–H and O–H groups in total. The first-order valence-electron chi connectivity index (χ1n) is 8.63. The van der Waals surface area contributed by atoms with Gasteiger partial charge in [-0.25, -0.2) is 8.78 Å². The van der Waals surface area contributed by atoms with E-state index in [0.717, 1.165) is 18.1 Å². The maximum absolute atomic E-state index is 13.3. The van der Waals surface area contributed by atoms with Crippen LogP contribution in [0.1, 0.15) is 35.4 Å². The van der Waals surface area contributed by atoms with Crippen LogP contribution in [0.15, 0.2) is 66.9 Å². The highest BCUT2D eigenvalue weighted by Gasteiger charge is 2.19. The lowest BCUT2D eigenvalue weighted by atomic mass is 9.92. The van der Waals surface area contributed by atoms with Crippen LogP contribution in [-0.4, -0.2) is 10.1 Å². The predicted molar refractivity (Wildman–Crippen MR) is 97.7 cm³/mol. The van der Waals surface area contributed by atoms with Crippen molar-refractivity contribution in [1.29, 1.82) is 0 Å². The lowest BCUT2D eigenvalue weighted by Gasteiger charge is -2.19. The largest absolute Gasteiger partial charge is 0.387 e. The standard InChI is InChI=1S/C22H21F2NO/c1-15(9-18-11-19(23)14-20(24)12-18)22(26)21-13-17(7-8-25-21)10-16-5-3-2-4-6-16/h2-8,11-15,22,26H,9-10H2,1H3/t15-,22-/m0/s1. The Morgan fingerprint density at radius 1 is 0.885 bits per heavy atom. The van der Waals surface area contributed by atoms with E-state index in [1.807, 2.05) is 37.3 Å². The highest BCUT2D eigenvalue weighted by atomic mass is 19.1. The minimum atomic E-state index is -0.808. The third-order valence-corrected chi connectivity index (χ3v) is 4.42. The molecule has 3 rings (SSSR count). The van der Waals surface area contributed by atoms with Gasteiger partial charge in [0.05, 0.1) is 11.8 Å². The summed E-state index contributed by atoms with van der Waals surface area (Å²) in [4.78, 5) is 4.28. The third kappa shape index (κ3) is 4.73. The van der Waals surface area contributed by atoms with Crippen molar-refractivity contribution in [2.45, 2.75) is 25.9 Å². The zero-order valence-corrected chi connectivity index (χ0v) is 14.6. The molecule has 0 unspecified atom stereocenters. The first kappa shape index (κ1) is 18.2. The van der Waals surface area contributed by atoms with E-state index in [0.29, 0.717) is 17.7 Å². The van der Waals surface area contributed by atoms with Gasteiger partial charge in [0.15, 0.2) is 0 Å². The summed E-state index contributed by atoms with van der Waals surface area (Å²) in [6, 6.07) is 17.3. The van der Waals surface area contributed by atoms with Crippen molar-refractivity contribution in [1.82, 2.24) is 4.98 Å². The molecule has 0 fully saturated rings. The molecule has 2 nitrogen and oxygen atoms in total. The molecule has 3 aromatic rings. The first-order chi connectivity index (χ1) is 12.5. The zero-order chi connectivity index (χ0) is 18.5. The van der Waals surface area contributed by atoms with Crippen LogP contribution in [0, 0.1) is 17.6 Å². The highest BCUT2D eigenvalue weighted by Crippen LogP contribution is 2.25. The number of pyridine rings is 1. The smallest absolute Gasteiger partial charge is 0.126 e. The summed E-state index contributed by atoms with van der Waals surface area (Å²) < 4.78 is 26.7. The number of hydrogen-bond acceptors (Lipinski definition) is 2. The van der Waals surface area contributed by atoms with Gasteiger partial charge in [0, 0.05) is 12.3 Å². The quantitative estimate of drug-likeness (QED) is 0.686. The van der Waals surface area contributed by atoms with Gasteiger partial charge in [-0.2, -0.15) is 0 Å². The van der Waals surface area contributed by atoms with Gasteiger partial charge in [0.25, 0.3) is 0 Å². The highest BCUT2D eigenvalue weighted by molar-refractivity contribution is 5.27. The van der Waals surface area contributed by atoms with Gasteiger partial charge in [-0.1, -0.05) is 37.3 Å². The fourth-order valence-corrected chi connectivity index (χ4v) is 3.10. The van der Waals surface area contributed by atoms with E-state index in [-0.39, 0.29) is 5.92 Å². The van der Waals surface area contributed by atoms with E-state index >= 15 is 0 Å². The second-order valence-electron chi connectivity index (χ2n) is 6.66. The summed E-state index contributed by atoms with van der Waals surface area (Å²) in [5.74, 6) is -1.44. The summed E-state index contributed by atoms with van der Waals surface area (Å²) in [6.07, 6.45) is 2.00. The monoisotopic (exact) mass is 353 g/mol. The van der Waals surface area contributed by atoms with Crippen molar-refractivity contribution in [2.75, 3.05) is 0 Å². The number of aromatic nitrogens is 1. The van der Waals surface area contributed by atoms with Gasteiger partial charge in [0.1, 0.15) is 11.6 Å². The molecule has 2 aromatic carbocycles. The molecule has 0 aliphatic rings. The second kappa shape index (κ2) is 8.19. The van der Waals surface area contributed by atoms with Gasteiger partial charge in [-0.05, 0) is 59.7 Å². The van der Waals surface area contributed by atoms with E-state index in [9.17, 15) is 13.9 Å². The third-order valence-electron chi connectivity index (χ3n) is 4.42. The van der Waals surface area contributed by atoms with Crippen molar-refractivity contribution in [3.8, 4) is 0 Å². The van der Waals surface area contributed by atoms with Crippen LogP contribution in [0.5, 0.6) is 0 Å². The fourth-order valence-electron chi connectivity index (χ4n) is 3.10. The number of benzene rings is 2. The summed E-state index contributed by atoms with van der Waals surface area (Å²) in [5.41, 5.74) is 3.34. The van der Waals surface area contributed by atoms with Gasteiger partial charge in [-0.3, -0.25) is 4.98 Å². The molecule has 0 saturated carbocycles. The summed E-state index contributed by atoms with van der Waals surface area (Å²) >= 11 is 0. The Bertz CT molecular complexity index is 847. The van der Waals surface area contributed by atoms with E-state index in [2.05, 4.69) is 17.1 Å². The number of aliphatic hydroxyl groups excluding tert-OH is 1. The number of nitrogens with zero attached hydrogens (tertiary/aromatic N) is 1. The molecule has 2 atom stereocenters. The molecule has 0 saturated heterocycles. The fraction of sp³-hybridized carbons (Fsp3) is 0.227. The Morgan fingerprint density at radius 3 is 2.27 bits per heavy atom. The van der Waals surface area contributed by atoms with Gasteiger partial charge < -0.3 is 5.11 Å². The molecule has 1 heterocycles. The summed E-state index contributed by atoms with van der Waals surface area (Å²) in [7, 11) is 0. The van der Waals surface area contributed by atoms with Crippen molar-refractivity contribution < 1.29 is 13.9 Å². The SMILES string of the molecule is C[C@@H](Cc1cc(F)cc(F)c1)[C@H](O)c1cc(Cc2ccccc2)ccn1. The molecule has 0 radical (unpaired) electrons. The topological polar surface area (TPSA) is 33.1 Å². The Balaban J connectivity index is 1.72. The summed E-state index contributed by atoms with van der Waals surface area (Å²) in [6.45, 7) is 1.85. The number of aliphatic hydroxyl groups is 1. The molecule has 26 heavy (non-hydrogen) atoms. The van der Waals surface area contributed by atoms with Crippen LogP contribution in [0.4, 0.5) is 8.78 Å². The van der Waals surface area contributed by atoms with E-state index in [4.69, 9.17) is 0 Å². The zero-order valence-electron chi connectivity index (χ0n) is 14.6. The lowest BCUT2D eigenvalue weighted by molar-refractivity contribution is 0.113. The van der Waals surface area contributed by atoms with Crippen LogP contribution in [0.3, 0.4) is 0 Å². The molecule has 0 bridgehead atoms. The lowest BCUT2D eigenvalue weighted by Crippen LogP contribution is -2.14. The number of rotatable bonds is 6. The molecule has 134 valence electrons. The average Bonchev–Trinajstić information content (AvgIpc) is 2.61. The molecule has 0 aliphatic carbocycles. The Labute approximate surface area is 152 Å². The van der Waals surface area contributed by atoms with Gasteiger partial charge in [0.2, 0.25) is 0 Å². The minimum absolute atomic E-state index is 0.226. The molecule has 4 heteroatoms. The Morgan fingerprint density at radius 2 is 1.58 bits per heavy atom. The van der Waals surface area contributed by atoms with Gasteiger partial charge >= 0.3 is 0 Å². The minimum Gasteiger partial charge on any atom is -0.387 e. The number of hydrogen-bond donors (Lipinski definition) is 1. The van der Waals surface area contributed by atoms with Crippen LogP contribution < -0.4 is 0 Å².